The number of rotatable bonds is 10. The minimum absolute atomic E-state index is 0.00828. The quantitative estimate of drug-likeness (QED) is 0.165. The molecule has 0 bridgehead atoms. The first kappa shape index (κ1) is 24.8. The number of thiophene rings is 1. The Morgan fingerprint density at radius 2 is 1.64 bits per heavy atom. The topological polar surface area (TPSA) is 137 Å². The van der Waals surface area contributed by atoms with Crippen LogP contribution in [0, 0.1) is 0 Å². The monoisotopic (exact) mass is 475 g/mol. The van der Waals surface area contributed by atoms with E-state index in [2.05, 4.69) is 10.2 Å². The summed E-state index contributed by atoms with van der Waals surface area (Å²) in [6, 6.07) is 10.3. The lowest BCUT2D eigenvalue weighted by molar-refractivity contribution is 0.0486. The van der Waals surface area contributed by atoms with Crippen LogP contribution in [0.4, 0.5) is 0 Å². The fraction of sp³-hybridized carbons (Fsp3) is 0.409. The molecular weight excluding hydrogens is 446 g/mol. The number of hydrogen-bond donors (Lipinski definition) is 4. The van der Waals surface area contributed by atoms with Gasteiger partial charge < -0.3 is 20.1 Å². The molecule has 0 unspecified atom stereocenters. The lowest BCUT2D eigenvalue weighted by Crippen LogP contribution is -2.49. The van der Waals surface area contributed by atoms with E-state index in [4.69, 9.17) is 15.7 Å². The summed E-state index contributed by atoms with van der Waals surface area (Å²) in [6.45, 7) is 4.92. The molecule has 1 aromatic heterocycles. The summed E-state index contributed by atoms with van der Waals surface area (Å²) in [5.74, 6) is 4.38. The van der Waals surface area contributed by atoms with Crippen LogP contribution in [0.15, 0.2) is 36.4 Å². The maximum atomic E-state index is 12.8. The number of aliphatic hydroxyl groups excluding tert-OH is 1. The van der Waals surface area contributed by atoms with Crippen molar-refractivity contribution in [2.75, 3.05) is 52.5 Å². The molecule has 2 aromatic rings. The second kappa shape index (κ2) is 12.4. The van der Waals surface area contributed by atoms with Crippen LogP contribution in [0.3, 0.4) is 0 Å². The zero-order valence-corrected chi connectivity index (χ0v) is 19.1. The molecule has 1 aliphatic heterocycles. The predicted molar refractivity (Wildman–Crippen MR) is 124 cm³/mol. The SMILES string of the molecule is NNC(=O)c1ccc(C(=O)NCc2ccc(C(=O)N3CCN(CCOCCO)CC3)cc2)s1. The van der Waals surface area contributed by atoms with E-state index in [1.54, 1.807) is 24.3 Å². The molecule has 1 fully saturated rings. The summed E-state index contributed by atoms with van der Waals surface area (Å²) in [4.78, 5) is 41.5. The van der Waals surface area contributed by atoms with Crippen molar-refractivity contribution in [1.29, 1.82) is 0 Å². The van der Waals surface area contributed by atoms with Gasteiger partial charge in [0, 0.05) is 44.8 Å². The van der Waals surface area contributed by atoms with Gasteiger partial charge in [-0.25, -0.2) is 5.84 Å². The highest BCUT2D eigenvalue weighted by Gasteiger charge is 2.22. The lowest BCUT2D eigenvalue weighted by atomic mass is 10.1. The molecule has 11 heteroatoms. The van der Waals surface area contributed by atoms with E-state index in [1.165, 1.54) is 0 Å². The van der Waals surface area contributed by atoms with Crippen LogP contribution in [-0.4, -0.2) is 85.2 Å². The highest BCUT2D eigenvalue weighted by molar-refractivity contribution is 7.15. The number of amides is 3. The Morgan fingerprint density at radius 3 is 2.27 bits per heavy atom. The molecule has 0 saturated carbocycles. The van der Waals surface area contributed by atoms with Gasteiger partial charge in [-0.15, -0.1) is 11.3 Å². The maximum Gasteiger partial charge on any atom is 0.275 e. The first-order valence-corrected chi connectivity index (χ1v) is 11.5. The van der Waals surface area contributed by atoms with Gasteiger partial charge in [-0.3, -0.25) is 24.7 Å². The normalized spacial score (nSPS) is 14.2. The average Bonchev–Trinajstić information content (AvgIpc) is 3.35. The van der Waals surface area contributed by atoms with Gasteiger partial charge in [0.1, 0.15) is 0 Å². The van der Waals surface area contributed by atoms with Crippen LogP contribution >= 0.6 is 11.3 Å². The summed E-state index contributed by atoms with van der Waals surface area (Å²) < 4.78 is 5.30. The van der Waals surface area contributed by atoms with Crippen LogP contribution in [0.25, 0.3) is 0 Å². The second-order valence-electron chi connectivity index (χ2n) is 7.49. The van der Waals surface area contributed by atoms with Crippen molar-refractivity contribution < 1.29 is 24.2 Å². The minimum Gasteiger partial charge on any atom is -0.394 e. The van der Waals surface area contributed by atoms with Crippen molar-refractivity contribution in [3.8, 4) is 0 Å². The van der Waals surface area contributed by atoms with E-state index < -0.39 is 5.91 Å². The third-order valence-electron chi connectivity index (χ3n) is 5.29. The van der Waals surface area contributed by atoms with E-state index in [0.717, 1.165) is 36.5 Å². The Hall–Kier alpha value is -2.83. The Labute approximate surface area is 196 Å². The summed E-state index contributed by atoms with van der Waals surface area (Å²) in [5.41, 5.74) is 3.51. The summed E-state index contributed by atoms with van der Waals surface area (Å²) in [6.07, 6.45) is 0. The zero-order chi connectivity index (χ0) is 23.6. The number of nitrogens with zero attached hydrogens (tertiary/aromatic N) is 2. The minimum atomic E-state index is -0.437. The number of carbonyl (C=O) groups excluding carboxylic acids is 3. The Morgan fingerprint density at radius 1 is 0.970 bits per heavy atom. The molecule has 0 atom stereocenters. The highest BCUT2D eigenvalue weighted by Crippen LogP contribution is 2.16. The third-order valence-corrected chi connectivity index (χ3v) is 6.37. The summed E-state index contributed by atoms with van der Waals surface area (Å²) in [7, 11) is 0. The number of aliphatic hydroxyl groups is 1. The first-order valence-electron chi connectivity index (χ1n) is 10.7. The highest BCUT2D eigenvalue weighted by atomic mass is 32.1. The van der Waals surface area contributed by atoms with Gasteiger partial charge in [0.15, 0.2) is 0 Å². The van der Waals surface area contributed by atoms with E-state index in [1.807, 2.05) is 22.5 Å². The van der Waals surface area contributed by atoms with E-state index in [0.29, 0.717) is 48.2 Å². The molecule has 1 aromatic carbocycles. The van der Waals surface area contributed by atoms with Crippen molar-refractivity contribution in [2.45, 2.75) is 6.54 Å². The number of hydrogen-bond acceptors (Lipinski definition) is 8. The van der Waals surface area contributed by atoms with E-state index in [9.17, 15) is 14.4 Å². The van der Waals surface area contributed by atoms with Gasteiger partial charge in [0.05, 0.1) is 29.6 Å². The van der Waals surface area contributed by atoms with E-state index in [-0.39, 0.29) is 18.4 Å². The number of nitrogens with one attached hydrogen (secondary N) is 2. The van der Waals surface area contributed by atoms with Crippen LogP contribution in [0.1, 0.15) is 35.3 Å². The molecule has 2 heterocycles. The first-order chi connectivity index (χ1) is 16.0. The van der Waals surface area contributed by atoms with Gasteiger partial charge in [-0.2, -0.15) is 0 Å². The van der Waals surface area contributed by atoms with Crippen LogP contribution in [-0.2, 0) is 11.3 Å². The molecule has 1 aliphatic rings. The Kier molecular flexibility index (Phi) is 9.34. The molecule has 178 valence electrons. The van der Waals surface area contributed by atoms with Gasteiger partial charge in [0.2, 0.25) is 0 Å². The number of nitrogens with two attached hydrogens (primary N) is 1. The van der Waals surface area contributed by atoms with E-state index >= 15 is 0 Å². The fourth-order valence-electron chi connectivity index (χ4n) is 3.41. The van der Waals surface area contributed by atoms with Gasteiger partial charge in [-0.1, -0.05) is 12.1 Å². The largest absolute Gasteiger partial charge is 0.394 e. The van der Waals surface area contributed by atoms with Gasteiger partial charge >= 0.3 is 0 Å². The number of nitrogen functional groups attached to an aromatic ring is 1. The van der Waals surface area contributed by atoms with Crippen molar-refractivity contribution in [1.82, 2.24) is 20.5 Å². The fourth-order valence-corrected chi connectivity index (χ4v) is 4.23. The molecule has 10 nitrogen and oxygen atoms in total. The van der Waals surface area contributed by atoms with Crippen LogP contribution in [0.5, 0.6) is 0 Å². The number of piperazine rings is 1. The van der Waals surface area contributed by atoms with Crippen molar-refractivity contribution in [2.24, 2.45) is 5.84 Å². The van der Waals surface area contributed by atoms with Crippen molar-refractivity contribution >= 4 is 29.1 Å². The smallest absolute Gasteiger partial charge is 0.275 e. The summed E-state index contributed by atoms with van der Waals surface area (Å²) >= 11 is 1.06. The third kappa shape index (κ3) is 7.07. The number of ether oxygens (including phenoxy) is 1. The van der Waals surface area contributed by atoms with Crippen molar-refractivity contribution in [3.63, 3.8) is 0 Å². The molecule has 1 saturated heterocycles. The lowest BCUT2D eigenvalue weighted by Gasteiger charge is -2.34. The zero-order valence-electron chi connectivity index (χ0n) is 18.3. The van der Waals surface area contributed by atoms with Crippen molar-refractivity contribution in [3.05, 3.63) is 57.3 Å². The van der Waals surface area contributed by atoms with Gasteiger partial charge in [-0.05, 0) is 29.8 Å². The van der Waals surface area contributed by atoms with Gasteiger partial charge in [0.25, 0.3) is 17.7 Å². The Bertz CT molecular complexity index is 941. The molecule has 3 amide bonds. The second-order valence-corrected chi connectivity index (χ2v) is 8.57. The van der Waals surface area contributed by atoms with Crippen LogP contribution < -0.4 is 16.6 Å². The van der Waals surface area contributed by atoms with Crippen LogP contribution in [0.2, 0.25) is 0 Å². The molecule has 0 radical (unpaired) electrons. The molecule has 3 rings (SSSR count). The maximum absolute atomic E-state index is 12.8. The number of hydrazine groups is 1. The number of benzene rings is 1. The Balaban J connectivity index is 1.44. The predicted octanol–water partition coefficient (Wildman–Crippen LogP) is 0.0483. The molecule has 0 aliphatic carbocycles. The molecular formula is C22H29N5O5S. The summed E-state index contributed by atoms with van der Waals surface area (Å²) in [5, 5.41) is 11.5. The standard InChI is InChI=1S/C22H29N5O5S/c23-25-21(30)19-6-5-18(33-19)20(29)24-15-16-1-3-17(4-2-16)22(31)27-9-7-26(8-10-27)11-13-32-14-12-28/h1-6,28H,7-15,23H2,(H,24,29)(H,25,30). The molecule has 0 spiro atoms. The number of carbonyl (C=O) groups is 3. The molecule has 5 N–H and O–H groups in total. The molecule has 33 heavy (non-hydrogen) atoms. The average molecular weight is 476 g/mol.